The SMILES string of the molecule is C=CCc1ccccc1OCc1cc(CNC)sc1C. The third-order valence-electron chi connectivity index (χ3n) is 3.14. The number of thiophene rings is 1. The summed E-state index contributed by atoms with van der Waals surface area (Å²) < 4.78 is 5.99. The van der Waals surface area contributed by atoms with Crippen LogP contribution in [0.2, 0.25) is 0 Å². The summed E-state index contributed by atoms with van der Waals surface area (Å²) in [6.07, 6.45) is 2.74. The van der Waals surface area contributed by atoms with Gasteiger partial charge in [-0.2, -0.15) is 0 Å². The number of nitrogens with one attached hydrogen (secondary N) is 1. The molecule has 0 aliphatic carbocycles. The number of benzene rings is 1. The maximum Gasteiger partial charge on any atom is 0.123 e. The zero-order chi connectivity index (χ0) is 14.4. The number of hydrogen-bond acceptors (Lipinski definition) is 3. The number of rotatable bonds is 7. The van der Waals surface area contributed by atoms with Gasteiger partial charge in [0.2, 0.25) is 0 Å². The molecular formula is C17H21NOS. The van der Waals surface area contributed by atoms with E-state index in [2.05, 4.69) is 31.0 Å². The highest BCUT2D eigenvalue weighted by molar-refractivity contribution is 7.12. The van der Waals surface area contributed by atoms with Crippen molar-refractivity contribution in [1.29, 1.82) is 0 Å². The Morgan fingerprint density at radius 2 is 2.10 bits per heavy atom. The molecule has 0 amide bonds. The lowest BCUT2D eigenvalue weighted by Gasteiger charge is -2.10. The molecule has 2 nitrogen and oxygen atoms in total. The Bertz CT molecular complexity index is 574. The van der Waals surface area contributed by atoms with Gasteiger partial charge in [-0.05, 0) is 38.1 Å². The van der Waals surface area contributed by atoms with Gasteiger partial charge in [-0.1, -0.05) is 24.3 Å². The molecule has 106 valence electrons. The molecule has 1 N–H and O–H groups in total. The fourth-order valence-electron chi connectivity index (χ4n) is 2.12. The van der Waals surface area contributed by atoms with Crippen molar-refractivity contribution in [3.63, 3.8) is 0 Å². The summed E-state index contributed by atoms with van der Waals surface area (Å²) in [4.78, 5) is 2.68. The monoisotopic (exact) mass is 287 g/mol. The van der Waals surface area contributed by atoms with Crippen LogP contribution in [0, 0.1) is 6.92 Å². The molecule has 20 heavy (non-hydrogen) atoms. The van der Waals surface area contributed by atoms with Crippen LogP contribution < -0.4 is 10.1 Å². The Kier molecular flexibility index (Phi) is 5.39. The third-order valence-corrected chi connectivity index (χ3v) is 4.24. The molecule has 0 fully saturated rings. The van der Waals surface area contributed by atoms with Crippen molar-refractivity contribution >= 4 is 11.3 Å². The fourth-order valence-corrected chi connectivity index (χ4v) is 3.18. The van der Waals surface area contributed by atoms with Crippen molar-refractivity contribution in [2.75, 3.05) is 7.05 Å². The van der Waals surface area contributed by atoms with Crippen LogP contribution in [0.15, 0.2) is 43.0 Å². The first-order valence-electron chi connectivity index (χ1n) is 6.79. The number of ether oxygens (including phenoxy) is 1. The summed E-state index contributed by atoms with van der Waals surface area (Å²) in [6.45, 7) is 7.48. The molecule has 0 bridgehead atoms. The van der Waals surface area contributed by atoms with E-state index in [1.807, 2.05) is 42.7 Å². The van der Waals surface area contributed by atoms with Gasteiger partial charge in [0.15, 0.2) is 0 Å². The first kappa shape index (κ1) is 14.8. The Morgan fingerprint density at radius 3 is 2.85 bits per heavy atom. The van der Waals surface area contributed by atoms with Crippen LogP contribution in [-0.2, 0) is 19.6 Å². The minimum absolute atomic E-state index is 0.625. The van der Waals surface area contributed by atoms with Gasteiger partial charge < -0.3 is 10.1 Å². The molecular weight excluding hydrogens is 266 g/mol. The van der Waals surface area contributed by atoms with Crippen LogP contribution in [0.25, 0.3) is 0 Å². The summed E-state index contributed by atoms with van der Waals surface area (Å²) in [5.41, 5.74) is 2.46. The fraction of sp³-hybridized carbons (Fsp3) is 0.294. The second-order valence-corrected chi connectivity index (χ2v) is 6.05. The van der Waals surface area contributed by atoms with Crippen molar-refractivity contribution in [3.8, 4) is 5.75 Å². The lowest BCUT2D eigenvalue weighted by molar-refractivity contribution is 0.303. The van der Waals surface area contributed by atoms with Crippen molar-refractivity contribution in [2.24, 2.45) is 0 Å². The highest BCUT2D eigenvalue weighted by Crippen LogP contribution is 2.25. The van der Waals surface area contributed by atoms with Crippen molar-refractivity contribution < 1.29 is 4.74 Å². The van der Waals surface area contributed by atoms with Crippen molar-refractivity contribution in [1.82, 2.24) is 5.32 Å². The molecule has 0 unspecified atom stereocenters. The van der Waals surface area contributed by atoms with Crippen molar-refractivity contribution in [2.45, 2.75) is 26.5 Å². The summed E-state index contributed by atoms with van der Waals surface area (Å²) in [5, 5.41) is 3.18. The summed E-state index contributed by atoms with van der Waals surface area (Å²) >= 11 is 1.83. The van der Waals surface area contributed by atoms with Crippen LogP contribution in [0.5, 0.6) is 5.75 Å². The summed E-state index contributed by atoms with van der Waals surface area (Å²) in [5.74, 6) is 0.952. The molecule has 0 aliphatic rings. The summed E-state index contributed by atoms with van der Waals surface area (Å²) in [6, 6.07) is 10.4. The first-order chi connectivity index (χ1) is 9.74. The molecule has 0 radical (unpaired) electrons. The average Bonchev–Trinajstić information content (AvgIpc) is 2.79. The topological polar surface area (TPSA) is 21.3 Å². The number of aryl methyl sites for hydroxylation is 1. The smallest absolute Gasteiger partial charge is 0.123 e. The number of para-hydroxylation sites is 1. The molecule has 3 heteroatoms. The number of hydrogen-bond donors (Lipinski definition) is 1. The second-order valence-electron chi connectivity index (χ2n) is 4.71. The van der Waals surface area contributed by atoms with E-state index < -0.39 is 0 Å². The van der Waals surface area contributed by atoms with Gasteiger partial charge in [0.25, 0.3) is 0 Å². The molecule has 2 rings (SSSR count). The van der Waals surface area contributed by atoms with E-state index in [1.54, 1.807) is 0 Å². The van der Waals surface area contributed by atoms with Crippen LogP contribution >= 0.6 is 11.3 Å². The molecule has 0 spiro atoms. The molecule has 1 aromatic heterocycles. The van der Waals surface area contributed by atoms with Crippen LogP contribution in [0.3, 0.4) is 0 Å². The van der Waals surface area contributed by atoms with Gasteiger partial charge in [-0.25, -0.2) is 0 Å². The number of allylic oxidation sites excluding steroid dienone is 1. The standard InChI is InChI=1S/C17H21NOS/c1-4-7-14-8-5-6-9-17(14)19-12-15-10-16(11-18-3)20-13(15)2/h4-6,8-10,18H,1,7,11-12H2,2-3H3. The normalized spacial score (nSPS) is 10.5. The maximum atomic E-state index is 5.99. The molecule has 0 atom stereocenters. The van der Waals surface area contributed by atoms with E-state index in [-0.39, 0.29) is 0 Å². The van der Waals surface area contributed by atoms with E-state index in [4.69, 9.17) is 4.74 Å². The maximum absolute atomic E-state index is 5.99. The zero-order valence-electron chi connectivity index (χ0n) is 12.1. The highest BCUT2D eigenvalue weighted by Gasteiger charge is 2.07. The van der Waals surface area contributed by atoms with Crippen LogP contribution in [0.1, 0.15) is 20.9 Å². The minimum Gasteiger partial charge on any atom is -0.489 e. The van der Waals surface area contributed by atoms with Gasteiger partial charge in [-0.15, -0.1) is 17.9 Å². The van der Waals surface area contributed by atoms with Gasteiger partial charge in [0.05, 0.1) is 0 Å². The van der Waals surface area contributed by atoms with E-state index in [0.717, 1.165) is 18.7 Å². The zero-order valence-corrected chi connectivity index (χ0v) is 12.9. The predicted octanol–water partition coefficient (Wildman–Crippen LogP) is 4.08. The summed E-state index contributed by atoms with van der Waals surface area (Å²) in [7, 11) is 1.97. The third kappa shape index (κ3) is 3.71. The average molecular weight is 287 g/mol. The van der Waals surface area contributed by atoms with Gasteiger partial charge >= 0.3 is 0 Å². The van der Waals surface area contributed by atoms with E-state index >= 15 is 0 Å². The molecule has 1 aromatic carbocycles. The Labute approximate surface area is 125 Å². The quantitative estimate of drug-likeness (QED) is 0.775. The molecule has 0 aliphatic heterocycles. The first-order valence-corrected chi connectivity index (χ1v) is 7.60. The van der Waals surface area contributed by atoms with E-state index in [1.165, 1.54) is 20.9 Å². The van der Waals surface area contributed by atoms with Gasteiger partial charge in [0.1, 0.15) is 12.4 Å². The van der Waals surface area contributed by atoms with E-state index in [9.17, 15) is 0 Å². The van der Waals surface area contributed by atoms with Gasteiger partial charge in [-0.3, -0.25) is 0 Å². The molecule has 1 heterocycles. The second kappa shape index (κ2) is 7.27. The largest absolute Gasteiger partial charge is 0.489 e. The lowest BCUT2D eigenvalue weighted by atomic mass is 10.1. The van der Waals surface area contributed by atoms with Crippen molar-refractivity contribution in [3.05, 3.63) is 63.9 Å². The predicted molar refractivity (Wildman–Crippen MR) is 86.5 cm³/mol. The van der Waals surface area contributed by atoms with Crippen LogP contribution in [0.4, 0.5) is 0 Å². The molecule has 2 aromatic rings. The molecule has 0 saturated heterocycles. The molecule has 0 saturated carbocycles. The van der Waals surface area contributed by atoms with E-state index in [0.29, 0.717) is 6.61 Å². The van der Waals surface area contributed by atoms with Crippen LogP contribution in [-0.4, -0.2) is 7.05 Å². The van der Waals surface area contributed by atoms with Gasteiger partial charge in [0, 0.05) is 21.9 Å². The Morgan fingerprint density at radius 1 is 1.30 bits per heavy atom. The lowest BCUT2D eigenvalue weighted by Crippen LogP contribution is -2.03. The Balaban J connectivity index is 2.06. The highest BCUT2D eigenvalue weighted by atomic mass is 32.1. The minimum atomic E-state index is 0.625. The Hall–Kier alpha value is -1.58.